The summed E-state index contributed by atoms with van der Waals surface area (Å²) in [7, 11) is -0.703. The van der Waals surface area contributed by atoms with Crippen molar-refractivity contribution in [2.45, 2.75) is 12.7 Å². The molecule has 0 bridgehead atoms. The maximum Gasteiger partial charge on any atom is 0.239 e. The Morgan fingerprint density at radius 3 is 2.42 bits per heavy atom. The van der Waals surface area contributed by atoms with Crippen molar-refractivity contribution < 1.29 is 22.7 Å². The summed E-state index contributed by atoms with van der Waals surface area (Å²) in [4.78, 5) is 11.9. The van der Waals surface area contributed by atoms with E-state index in [2.05, 4.69) is 10.0 Å². The predicted octanol–water partition coefficient (Wildman–Crippen LogP) is 2.07. The second-order valence-corrected chi connectivity index (χ2v) is 7.49. The zero-order chi connectivity index (χ0) is 19.2. The molecule has 0 radical (unpaired) electrons. The molecule has 2 N–H and O–H groups in total. The van der Waals surface area contributed by atoms with Gasteiger partial charge in [-0.25, -0.2) is 13.1 Å². The lowest BCUT2D eigenvalue weighted by Crippen LogP contribution is -2.33. The van der Waals surface area contributed by atoms with Gasteiger partial charge in [-0.05, 0) is 42.3 Å². The van der Waals surface area contributed by atoms with Crippen molar-refractivity contribution in [1.82, 2.24) is 4.72 Å². The molecule has 0 aliphatic carbocycles. The van der Waals surface area contributed by atoms with E-state index in [9.17, 15) is 13.2 Å². The molecule has 0 atom stereocenters. The number of carbonyl (C=O) groups is 1. The molecular formula is C18H22N2O5S. The zero-order valence-electron chi connectivity index (χ0n) is 14.9. The van der Waals surface area contributed by atoms with Crippen LogP contribution in [0.1, 0.15) is 11.1 Å². The maximum absolute atomic E-state index is 12.2. The number of sulfonamides is 1. The SMILES string of the molecule is COc1ccc(CS(=O)(=O)NCC(=O)Nc2cccc(C)c2)cc1OC. The average molecular weight is 378 g/mol. The Labute approximate surface area is 153 Å². The van der Waals surface area contributed by atoms with Crippen molar-refractivity contribution in [2.24, 2.45) is 0 Å². The normalized spacial score (nSPS) is 11.0. The topological polar surface area (TPSA) is 93.7 Å². The minimum Gasteiger partial charge on any atom is -0.493 e. The van der Waals surface area contributed by atoms with Gasteiger partial charge in [0, 0.05) is 5.69 Å². The van der Waals surface area contributed by atoms with E-state index in [1.165, 1.54) is 14.2 Å². The predicted molar refractivity (Wildman–Crippen MR) is 100.0 cm³/mol. The second-order valence-electron chi connectivity index (χ2n) is 5.69. The van der Waals surface area contributed by atoms with E-state index in [-0.39, 0.29) is 12.3 Å². The third-order valence-electron chi connectivity index (χ3n) is 3.56. The van der Waals surface area contributed by atoms with E-state index in [4.69, 9.17) is 9.47 Å². The van der Waals surface area contributed by atoms with Gasteiger partial charge >= 0.3 is 0 Å². The Kier molecular flexibility index (Phi) is 6.59. The first-order valence-electron chi connectivity index (χ1n) is 7.88. The van der Waals surface area contributed by atoms with Crippen LogP contribution in [0, 0.1) is 6.92 Å². The maximum atomic E-state index is 12.2. The van der Waals surface area contributed by atoms with E-state index in [0.29, 0.717) is 22.7 Å². The summed E-state index contributed by atoms with van der Waals surface area (Å²) in [5.41, 5.74) is 2.14. The van der Waals surface area contributed by atoms with Crippen LogP contribution in [-0.2, 0) is 20.6 Å². The molecule has 8 heteroatoms. The molecule has 2 aromatic rings. The van der Waals surface area contributed by atoms with Gasteiger partial charge in [-0.15, -0.1) is 0 Å². The van der Waals surface area contributed by atoms with Crippen molar-refractivity contribution in [3.63, 3.8) is 0 Å². The molecular weight excluding hydrogens is 356 g/mol. The Morgan fingerprint density at radius 1 is 1.04 bits per heavy atom. The molecule has 0 aliphatic rings. The highest BCUT2D eigenvalue weighted by Crippen LogP contribution is 2.28. The van der Waals surface area contributed by atoms with Gasteiger partial charge in [0.2, 0.25) is 15.9 Å². The smallest absolute Gasteiger partial charge is 0.239 e. The summed E-state index contributed by atoms with van der Waals surface area (Å²) in [6.07, 6.45) is 0. The first-order valence-corrected chi connectivity index (χ1v) is 9.53. The van der Waals surface area contributed by atoms with Gasteiger partial charge in [0.15, 0.2) is 11.5 Å². The Balaban J connectivity index is 1.95. The first kappa shape index (κ1) is 19.7. The standard InChI is InChI=1S/C18H22N2O5S/c1-13-5-4-6-15(9-13)20-18(21)11-19-26(22,23)12-14-7-8-16(24-2)17(10-14)25-3/h4-10,19H,11-12H2,1-3H3,(H,20,21). The quantitative estimate of drug-likeness (QED) is 0.733. The number of carbonyl (C=O) groups excluding carboxylic acids is 1. The van der Waals surface area contributed by atoms with Crippen molar-refractivity contribution in [1.29, 1.82) is 0 Å². The van der Waals surface area contributed by atoms with Crippen LogP contribution in [0.2, 0.25) is 0 Å². The van der Waals surface area contributed by atoms with Crippen molar-refractivity contribution in [3.8, 4) is 11.5 Å². The molecule has 2 rings (SSSR count). The number of anilines is 1. The Bertz CT molecular complexity index is 881. The molecule has 0 spiro atoms. The fourth-order valence-electron chi connectivity index (χ4n) is 2.34. The highest BCUT2D eigenvalue weighted by atomic mass is 32.2. The van der Waals surface area contributed by atoms with E-state index in [0.717, 1.165) is 5.56 Å². The molecule has 0 saturated carbocycles. The molecule has 0 heterocycles. The molecule has 1 amide bonds. The van der Waals surface area contributed by atoms with Gasteiger partial charge in [0.05, 0.1) is 26.5 Å². The molecule has 0 fully saturated rings. The minimum absolute atomic E-state index is 0.273. The van der Waals surface area contributed by atoms with Crippen molar-refractivity contribution in [3.05, 3.63) is 53.6 Å². The van der Waals surface area contributed by atoms with E-state index >= 15 is 0 Å². The molecule has 0 saturated heterocycles. The average Bonchev–Trinajstić information content (AvgIpc) is 2.59. The number of amides is 1. The van der Waals surface area contributed by atoms with Crippen LogP contribution in [0.4, 0.5) is 5.69 Å². The lowest BCUT2D eigenvalue weighted by molar-refractivity contribution is -0.115. The van der Waals surface area contributed by atoms with Crippen molar-refractivity contribution in [2.75, 3.05) is 26.1 Å². The number of hydrogen-bond donors (Lipinski definition) is 2. The van der Waals surface area contributed by atoms with Crippen LogP contribution >= 0.6 is 0 Å². The largest absolute Gasteiger partial charge is 0.493 e. The van der Waals surface area contributed by atoms with Crippen LogP contribution in [0.3, 0.4) is 0 Å². The fraction of sp³-hybridized carbons (Fsp3) is 0.278. The summed E-state index contributed by atoms with van der Waals surface area (Å²) < 4.78 is 37.0. The number of hydrogen-bond acceptors (Lipinski definition) is 5. The lowest BCUT2D eigenvalue weighted by atomic mass is 10.2. The first-order chi connectivity index (χ1) is 12.3. The summed E-state index contributed by atoms with van der Waals surface area (Å²) >= 11 is 0. The summed E-state index contributed by atoms with van der Waals surface area (Å²) in [6, 6.07) is 12.1. The van der Waals surface area contributed by atoms with Crippen LogP contribution in [0.25, 0.3) is 0 Å². The Hall–Kier alpha value is -2.58. The van der Waals surface area contributed by atoms with Gasteiger partial charge in [-0.3, -0.25) is 4.79 Å². The zero-order valence-corrected chi connectivity index (χ0v) is 15.7. The van der Waals surface area contributed by atoms with Crippen LogP contribution in [0.15, 0.2) is 42.5 Å². The monoisotopic (exact) mass is 378 g/mol. The summed E-state index contributed by atoms with van der Waals surface area (Å²) in [5, 5.41) is 2.65. The number of rotatable bonds is 8. The van der Waals surface area contributed by atoms with Crippen LogP contribution in [-0.4, -0.2) is 35.1 Å². The summed E-state index contributed by atoms with van der Waals surface area (Å²) in [5.74, 6) is 0.244. The van der Waals surface area contributed by atoms with Crippen molar-refractivity contribution >= 4 is 21.6 Å². The third-order valence-corrected chi connectivity index (χ3v) is 4.86. The van der Waals surface area contributed by atoms with Gasteiger partial charge in [-0.2, -0.15) is 0 Å². The highest BCUT2D eigenvalue weighted by Gasteiger charge is 2.15. The molecule has 0 aromatic heterocycles. The Morgan fingerprint density at radius 2 is 1.77 bits per heavy atom. The van der Waals surface area contributed by atoms with Gasteiger partial charge in [-0.1, -0.05) is 18.2 Å². The third kappa shape index (κ3) is 5.75. The molecule has 26 heavy (non-hydrogen) atoms. The second kappa shape index (κ2) is 8.68. The number of methoxy groups -OCH3 is 2. The van der Waals surface area contributed by atoms with Crippen LogP contribution < -0.4 is 19.5 Å². The van der Waals surface area contributed by atoms with Gasteiger partial charge in [0.1, 0.15) is 0 Å². The summed E-state index contributed by atoms with van der Waals surface area (Å²) in [6.45, 7) is 1.56. The van der Waals surface area contributed by atoms with Crippen LogP contribution in [0.5, 0.6) is 11.5 Å². The molecule has 0 aliphatic heterocycles. The molecule has 2 aromatic carbocycles. The molecule has 7 nitrogen and oxygen atoms in total. The fourth-order valence-corrected chi connectivity index (χ4v) is 3.42. The molecule has 0 unspecified atom stereocenters. The number of benzene rings is 2. The van der Waals surface area contributed by atoms with Gasteiger partial charge < -0.3 is 14.8 Å². The lowest BCUT2D eigenvalue weighted by Gasteiger charge is -2.11. The van der Waals surface area contributed by atoms with E-state index in [1.54, 1.807) is 30.3 Å². The van der Waals surface area contributed by atoms with E-state index < -0.39 is 15.9 Å². The highest BCUT2D eigenvalue weighted by molar-refractivity contribution is 7.88. The number of nitrogens with one attached hydrogen (secondary N) is 2. The number of ether oxygens (including phenoxy) is 2. The number of aryl methyl sites for hydroxylation is 1. The minimum atomic E-state index is -3.68. The van der Waals surface area contributed by atoms with E-state index in [1.807, 2.05) is 19.1 Å². The molecule has 140 valence electrons. The van der Waals surface area contributed by atoms with Gasteiger partial charge in [0.25, 0.3) is 0 Å².